The highest BCUT2D eigenvalue weighted by atomic mass is 32.2. The molecule has 1 fully saturated rings. The Morgan fingerprint density at radius 2 is 1.58 bits per heavy atom. The normalized spacial score (nSPS) is 17.8. The molecule has 4 rings (SSSR count). The molecule has 1 heterocycles. The number of benzene rings is 3. The molecular weight excluding hydrogens is 464 g/mol. The van der Waals surface area contributed by atoms with E-state index in [-0.39, 0.29) is 17.9 Å². The van der Waals surface area contributed by atoms with Crippen molar-refractivity contribution in [1.82, 2.24) is 4.72 Å². The van der Waals surface area contributed by atoms with Crippen molar-refractivity contribution < 1.29 is 22.2 Å². The highest BCUT2D eigenvalue weighted by Crippen LogP contribution is 2.46. The second kappa shape index (κ2) is 9.64. The molecule has 1 unspecified atom stereocenters. The Hall–Kier alpha value is -2.73. The van der Waals surface area contributed by atoms with Gasteiger partial charge in [0, 0.05) is 6.54 Å². The van der Waals surface area contributed by atoms with Crippen LogP contribution in [0.1, 0.15) is 22.8 Å². The number of sulfonamides is 1. The van der Waals surface area contributed by atoms with Crippen molar-refractivity contribution in [2.45, 2.75) is 23.0 Å². The number of hydrogen-bond acceptors (Lipinski definition) is 7. The average Bonchev–Trinajstić information content (AvgIpc) is 3.07. The van der Waals surface area contributed by atoms with Gasteiger partial charge in [0.15, 0.2) is 0 Å². The molecule has 0 radical (unpaired) electrons. The van der Waals surface area contributed by atoms with Crippen LogP contribution in [-0.2, 0) is 21.2 Å². The van der Waals surface area contributed by atoms with Gasteiger partial charge in [-0.15, -0.1) is 0 Å². The van der Waals surface area contributed by atoms with Gasteiger partial charge in [-0.05, 0) is 53.9 Å². The lowest BCUT2D eigenvalue weighted by Crippen LogP contribution is -2.28. The van der Waals surface area contributed by atoms with E-state index in [1.807, 2.05) is 30.3 Å². The van der Waals surface area contributed by atoms with Gasteiger partial charge >= 0.3 is 5.91 Å². The number of carbonyl (C=O) groups is 1. The molecule has 10 heteroatoms. The van der Waals surface area contributed by atoms with Gasteiger partial charge in [0.25, 0.3) is 0 Å². The number of nitrogens with zero attached hydrogens (tertiary/aromatic N) is 1. The maximum atomic E-state index is 12.6. The van der Waals surface area contributed by atoms with E-state index in [2.05, 4.69) is 4.72 Å². The van der Waals surface area contributed by atoms with Crippen LogP contribution in [0.2, 0.25) is 0 Å². The zero-order valence-electron chi connectivity index (χ0n) is 17.4. The standard InChI is InChI=1S/C23H21N2O6S2/c26-23-16-22(32-25(23,27)28)18-8-6-17(7-9-18)14-15-24-33(29,30)21-12-10-20(11-13-21)31-19-4-2-1-3-5-19/h1-13,22,24H,14-16H2/q-1. The molecule has 0 spiro atoms. The van der Waals surface area contributed by atoms with Gasteiger partial charge < -0.3 is 15.2 Å². The second-order valence-corrected chi connectivity index (χ2v) is 10.5. The third-order valence-corrected chi connectivity index (χ3v) is 7.75. The number of rotatable bonds is 8. The number of carbonyl (C=O) groups excluding carboxylic acids is 1. The maximum absolute atomic E-state index is 12.6. The van der Waals surface area contributed by atoms with E-state index in [1.54, 1.807) is 36.4 Å². The summed E-state index contributed by atoms with van der Waals surface area (Å²) < 4.78 is 31.2. The second-order valence-electron chi connectivity index (χ2n) is 7.47. The summed E-state index contributed by atoms with van der Waals surface area (Å²) >= 11 is 0.531. The highest BCUT2D eigenvalue weighted by molar-refractivity contribution is 7.94. The minimum atomic E-state index is -3.68. The Balaban J connectivity index is 1.30. The molecule has 0 aromatic heterocycles. The molecule has 3 aromatic carbocycles. The number of nitrogens with one attached hydrogen (secondary N) is 1. The number of hydroxylamine groups is 2. The summed E-state index contributed by atoms with van der Waals surface area (Å²) in [4.78, 5) is 11.6. The van der Waals surface area contributed by atoms with Crippen molar-refractivity contribution in [2.75, 3.05) is 6.54 Å². The van der Waals surface area contributed by atoms with Crippen LogP contribution in [-0.4, -0.2) is 25.1 Å². The van der Waals surface area contributed by atoms with Crippen molar-refractivity contribution >= 4 is 27.9 Å². The first-order chi connectivity index (χ1) is 15.7. The van der Waals surface area contributed by atoms with Crippen molar-refractivity contribution in [3.05, 3.63) is 100 Å². The summed E-state index contributed by atoms with van der Waals surface area (Å²) in [6.07, 6.45) is 0.362. The van der Waals surface area contributed by atoms with Gasteiger partial charge in [-0.1, -0.05) is 42.5 Å². The Morgan fingerprint density at radius 1 is 0.939 bits per heavy atom. The molecule has 0 saturated carbocycles. The number of ether oxygens (including phenoxy) is 1. The van der Waals surface area contributed by atoms with Crippen LogP contribution in [0.3, 0.4) is 0 Å². The smallest absolute Gasteiger partial charge is 0.326 e. The first kappa shape index (κ1) is 23.4. The van der Waals surface area contributed by atoms with Crippen molar-refractivity contribution in [3.63, 3.8) is 0 Å². The molecule has 8 nitrogen and oxygen atoms in total. The number of hydrogen-bond donors (Lipinski definition) is 1. The Bertz CT molecular complexity index is 1210. The third kappa shape index (κ3) is 5.80. The fraction of sp³-hybridized carbons (Fsp3) is 0.174. The third-order valence-electron chi connectivity index (χ3n) is 5.10. The van der Waals surface area contributed by atoms with E-state index in [0.717, 1.165) is 11.1 Å². The van der Waals surface area contributed by atoms with Gasteiger partial charge in [-0.2, -0.15) is 0 Å². The molecule has 1 saturated heterocycles. The number of amides is 1. The summed E-state index contributed by atoms with van der Waals surface area (Å²) in [5.74, 6) is 0.310. The predicted molar refractivity (Wildman–Crippen MR) is 125 cm³/mol. The van der Waals surface area contributed by atoms with E-state index in [0.29, 0.717) is 29.9 Å². The molecule has 0 aliphatic carbocycles. The largest absolute Gasteiger partial charge is 0.612 e. The molecule has 1 amide bonds. The average molecular weight is 486 g/mol. The highest BCUT2D eigenvalue weighted by Gasteiger charge is 2.38. The van der Waals surface area contributed by atoms with E-state index in [4.69, 9.17) is 4.74 Å². The van der Waals surface area contributed by atoms with Crippen LogP contribution in [0.25, 0.3) is 0 Å². The SMILES string of the molecule is O=C1CC(c2ccc(CCNS(=O)(=O)c3ccc(Oc4ccccc4)cc3)cc2)S[N+]1([O-])[O-]. The lowest BCUT2D eigenvalue weighted by Gasteiger charge is -2.36. The van der Waals surface area contributed by atoms with Gasteiger partial charge in [0.2, 0.25) is 10.0 Å². The summed E-state index contributed by atoms with van der Waals surface area (Å²) in [6.45, 7) is 0.196. The number of para-hydroxylation sites is 1. The Kier molecular flexibility index (Phi) is 6.84. The van der Waals surface area contributed by atoms with Crippen molar-refractivity contribution in [1.29, 1.82) is 0 Å². The van der Waals surface area contributed by atoms with Crippen LogP contribution < -0.4 is 9.46 Å². The molecule has 0 bridgehead atoms. The Labute approximate surface area is 196 Å². The predicted octanol–water partition coefficient (Wildman–Crippen LogP) is 4.43. The minimum absolute atomic E-state index is 0.0913. The fourth-order valence-electron chi connectivity index (χ4n) is 3.34. The monoisotopic (exact) mass is 485 g/mol. The van der Waals surface area contributed by atoms with Gasteiger partial charge in [0.1, 0.15) is 11.5 Å². The lowest BCUT2D eigenvalue weighted by molar-refractivity contribution is -0.593. The van der Waals surface area contributed by atoms with Crippen LogP contribution >= 0.6 is 11.9 Å². The minimum Gasteiger partial charge on any atom is -0.612 e. The molecule has 172 valence electrons. The maximum Gasteiger partial charge on any atom is 0.326 e. The van der Waals surface area contributed by atoms with Gasteiger partial charge in [0.05, 0.1) is 28.5 Å². The lowest BCUT2D eigenvalue weighted by atomic mass is 10.1. The number of quaternary nitrogens is 1. The summed E-state index contributed by atoms with van der Waals surface area (Å²) in [6, 6.07) is 22.5. The van der Waals surface area contributed by atoms with E-state index in [9.17, 15) is 23.6 Å². The van der Waals surface area contributed by atoms with Crippen LogP contribution in [0.4, 0.5) is 0 Å². The van der Waals surface area contributed by atoms with E-state index >= 15 is 0 Å². The summed E-state index contributed by atoms with van der Waals surface area (Å²) in [5.41, 5.74) is 1.61. The topological polar surface area (TPSA) is 119 Å². The molecule has 1 N–H and O–H groups in total. The molecule has 1 aliphatic rings. The van der Waals surface area contributed by atoms with Gasteiger partial charge in [-0.3, -0.25) is 4.21 Å². The van der Waals surface area contributed by atoms with Gasteiger partial charge in [-0.25, -0.2) is 17.9 Å². The summed E-state index contributed by atoms with van der Waals surface area (Å²) in [5, 5.41) is 22.5. The van der Waals surface area contributed by atoms with Crippen molar-refractivity contribution in [2.24, 2.45) is 0 Å². The van der Waals surface area contributed by atoms with Crippen LogP contribution in [0.5, 0.6) is 11.5 Å². The molecule has 1 atom stereocenters. The van der Waals surface area contributed by atoms with Crippen LogP contribution in [0.15, 0.2) is 83.8 Å². The van der Waals surface area contributed by atoms with Crippen molar-refractivity contribution in [3.8, 4) is 11.5 Å². The summed E-state index contributed by atoms with van der Waals surface area (Å²) in [7, 11) is -3.68. The molecular formula is C23H21N2O6S2-. The molecule has 1 aliphatic heterocycles. The first-order valence-corrected chi connectivity index (χ1v) is 12.5. The zero-order valence-corrected chi connectivity index (χ0v) is 19.1. The quantitative estimate of drug-likeness (QED) is 0.285. The zero-order chi connectivity index (χ0) is 23.5. The first-order valence-electron chi connectivity index (χ1n) is 10.2. The van der Waals surface area contributed by atoms with E-state index in [1.165, 1.54) is 12.1 Å². The molecule has 33 heavy (non-hydrogen) atoms. The van der Waals surface area contributed by atoms with E-state index < -0.39 is 25.4 Å². The fourth-order valence-corrected chi connectivity index (χ4v) is 5.39. The van der Waals surface area contributed by atoms with Crippen LogP contribution in [0, 0.1) is 10.4 Å². The molecule has 3 aromatic rings. The Morgan fingerprint density at radius 3 is 2.18 bits per heavy atom.